The molecule has 1 aliphatic heterocycles. The molecule has 0 spiro atoms. The van der Waals surface area contributed by atoms with E-state index in [0.717, 1.165) is 16.9 Å². The third kappa shape index (κ3) is 2.36. The Morgan fingerprint density at radius 2 is 2.05 bits per heavy atom. The molecule has 0 radical (unpaired) electrons. The molecule has 1 aromatic heterocycles. The Kier molecular flexibility index (Phi) is 3.77. The van der Waals surface area contributed by atoms with Crippen LogP contribution in [0.15, 0.2) is 18.2 Å². The predicted molar refractivity (Wildman–Crippen MR) is 85.0 cm³/mol. The van der Waals surface area contributed by atoms with Crippen molar-refractivity contribution in [3.8, 4) is 6.07 Å². The highest BCUT2D eigenvalue weighted by molar-refractivity contribution is 6.16. The van der Waals surface area contributed by atoms with E-state index in [1.54, 1.807) is 6.07 Å². The highest BCUT2D eigenvalue weighted by atomic mass is 35.5. The Morgan fingerprint density at radius 1 is 1.33 bits per heavy atom. The zero-order valence-corrected chi connectivity index (χ0v) is 13.1. The summed E-state index contributed by atoms with van der Waals surface area (Å²) in [6.45, 7) is 4.49. The van der Waals surface area contributed by atoms with Gasteiger partial charge in [-0.15, -0.1) is 11.6 Å². The first-order chi connectivity index (χ1) is 10.2. The lowest BCUT2D eigenvalue weighted by Crippen LogP contribution is -2.51. The maximum absolute atomic E-state index is 9.15. The molecular formula is C16H19ClN4. The molecule has 0 N–H and O–H groups in total. The van der Waals surface area contributed by atoms with E-state index in [1.165, 1.54) is 19.3 Å². The van der Waals surface area contributed by atoms with Gasteiger partial charge in [-0.3, -0.25) is 0 Å². The van der Waals surface area contributed by atoms with Crippen LogP contribution in [-0.4, -0.2) is 21.7 Å². The number of aromatic nitrogens is 2. The Hall–Kier alpha value is -1.73. The van der Waals surface area contributed by atoms with E-state index in [2.05, 4.69) is 34.6 Å². The molecule has 0 aliphatic carbocycles. The van der Waals surface area contributed by atoms with Crippen molar-refractivity contribution in [3.63, 3.8) is 0 Å². The van der Waals surface area contributed by atoms with E-state index in [1.807, 2.05) is 12.1 Å². The highest BCUT2D eigenvalue weighted by Crippen LogP contribution is 2.27. The number of alkyl halides is 1. The maximum atomic E-state index is 9.15. The van der Waals surface area contributed by atoms with Gasteiger partial charge in [0.05, 0.1) is 28.5 Å². The molecule has 0 bridgehead atoms. The largest absolute Gasteiger partial charge is 0.305 e. The van der Waals surface area contributed by atoms with Crippen LogP contribution < -0.4 is 5.01 Å². The molecule has 110 valence electrons. The Morgan fingerprint density at radius 3 is 2.67 bits per heavy atom. The second kappa shape index (κ2) is 5.57. The molecule has 2 heterocycles. The summed E-state index contributed by atoms with van der Waals surface area (Å²) in [5.74, 6) is 1.22. The first kappa shape index (κ1) is 14.2. The van der Waals surface area contributed by atoms with Crippen molar-refractivity contribution in [2.45, 2.75) is 51.1 Å². The highest BCUT2D eigenvalue weighted by Gasteiger charge is 2.28. The zero-order valence-electron chi connectivity index (χ0n) is 12.4. The van der Waals surface area contributed by atoms with Crippen LogP contribution in [0.5, 0.6) is 0 Å². The van der Waals surface area contributed by atoms with Crippen molar-refractivity contribution in [2.24, 2.45) is 0 Å². The number of benzene rings is 1. The number of piperidine rings is 1. The fourth-order valence-electron chi connectivity index (χ4n) is 3.33. The molecule has 2 atom stereocenters. The summed E-state index contributed by atoms with van der Waals surface area (Å²) >= 11 is 6.12. The number of fused-ring (bicyclic) bond motifs is 1. The van der Waals surface area contributed by atoms with E-state index < -0.39 is 0 Å². The monoisotopic (exact) mass is 302 g/mol. The molecule has 1 aliphatic rings. The lowest BCUT2D eigenvalue weighted by atomic mass is 10.00. The quantitative estimate of drug-likeness (QED) is 0.797. The van der Waals surface area contributed by atoms with Gasteiger partial charge in [0.15, 0.2) is 0 Å². The Labute approximate surface area is 129 Å². The first-order valence-corrected chi connectivity index (χ1v) is 7.95. The summed E-state index contributed by atoms with van der Waals surface area (Å²) in [4.78, 5) is 4.63. The number of imidazole rings is 1. The van der Waals surface area contributed by atoms with Crippen LogP contribution in [0.2, 0.25) is 0 Å². The molecule has 21 heavy (non-hydrogen) atoms. The van der Waals surface area contributed by atoms with Gasteiger partial charge in [0.2, 0.25) is 0 Å². The van der Waals surface area contributed by atoms with Gasteiger partial charge in [-0.05, 0) is 51.3 Å². The molecule has 1 aromatic carbocycles. The standard InChI is InChI=1S/C16H19ClN4/c1-11-4-3-5-12(2)20(11)21-15-8-13(10-18)6-7-14(15)19-16(21)9-17/h6-8,11-12H,3-5,9H2,1-2H3. The number of halogens is 1. The summed E-state index contributed by atoms with van der Waals surface area (Å²) in [6, 6.07) is 8.71. The van der Waals surface area contributed by atoms with Crippen molar-refractivity contribution in [1.82, 2.24) is 9.66 Å². The van der Waals surface area contributed by atoms with Gasteiger partial charge in [0, 0.05) is 12.1 Å². The topological polar surface area (TPSA) is 44.9 Å². The van der Waals surface area contributed by atoms with E-state index in [-0.39, 0.29) is 0 Å². The minimum absolute atomic E-state index is 0.368. The van der Waals surface area contributed by atoms with Crippen molar-refractivity contribution in [3.05, 3.63) is 29.6 Å². The van der Waals surface area contributed by atoms with Crippen LogP contribution in [0.3, 0.4) is 0 Å². The molecule has 1 fully saturated rings. The molecule has 0 saturated carbocycles. The summed E-state index contributed by atoms with van der Waals surface area (Å²) < 4.78 is 2.14. The summed E-state index contributed by atoms with van der Waals surface area (Å²) in [5, 5.41) is 11.5. The van der Waals surface area contributed by atoms with E-state index in [9.17, 15) is 0 Å². The molecular weight excluding hydrogens is 284 g/mol. The first-order valence-electron chi connectivity index (χ1n) is 7.41. The van der Waals surface area contributed by atoms with E-state index in [0.29, 0.717) is 23.5 Å². The number of nitrogens with zero attached hydrogens (tertiary/aromatic N) is 4. The third-order valence-electron chi connectivity index (χ3n) is 4.32. The average molecular weight is 303 g/mol. The van der Waals surface area contributed by atoms with Gasteiger partial charge in [-0.25, -0.2) is 9.66 Å². The molecule has 2 aromatic rings. The smallest absolute Gasteiger partial charge is 0.143 e. The van der Waals surface area contributed by atoms with E-state index in [4.69, 9.17) is 16.9 Å². The Balaban J connectivity index is 2.21. The minimum Gasteiger partial charge on any atom is -0.305 e. The fourth-order valence-corrected chi connectivity index (χ4v) is 3.50. The predicted octanol–water partition coefficient (Wildman–Crippen LogP) is 3.55. The maximum Gasteiger partial charge on any atom is 0.143 e. The van der Waals surface area contributed by atoms with Gasteiger partial charge in [-0.1, -0.05) is 0 Å². The van der Waals surface area contributed by atoms with Crippen LogP contribution >= 0.6 is 11.6 Å². The van der Waals surface area contributed by atoms with Gasteiger partial charge < -0.3 is 5.01 Å². The second-order valence-electron chi connectivity index (χ2n) is 5.80. The summed E-state index contributed by atoms with van der Waals surface area (Å²) in [6.07, 6.45) is 3.60. The summed E-state index contributed by atoms with van der Waals surface area (Å²) in [5.41, 5.74) is 2.53. The van der Waals surface area contributed by atoms with Crippen molar-refractivity contribution >= 4 is 22.6 Å². The molecule has 4 nitrogen and oxygen atoms in total. The second-order valence-corrected chi connectivity index (χ2v) is 6.06. The third-order valence-corrected chi connectivity index (χ3v) is 4.56. The molecule has 0 amide bonds. The van der Waals surface area contributed by atoms with Crippen molar-refractivity contribution < 1.29 is 0 Å². The van der Waals surface area contributed by atoms with Gasteiger partial charge >= 0.3 is 0 Å². The van der Waals surface area contributed by atoms with Gasteiger partial charge in [0.1, 0.15) is 5.82 Å². The van der Waals surface area contributed by atoms with Crippen molar-refractivity contribution in [1.29, 1.82) is 5.26 Å². The van der Waals surface area contributed by atoms with Crippen LogP contribution in [0.25, 0.3) is 11.0 Å². The van der Waals surface area contributed by atoms with Crippen LogP contribution in [0.4, 0.5) is 0 Å². The molecule has 5 heteroatoms. The summed E-state index contributed by atoms with van der Waals surface area (Å²) in [7, 11) is 0. The number of hydrogen-bond donors (Lipinski definition) is 0. The normalized spacial score (nSPS) is 22.5. The fraction of sp³-hybridized carbons (Fsp3) is 0.500. The van der Waals surface area contributed by atoms with Crippen LogP contribution in [0, 0.1) is 11.3 Å². The number of rotatable bonds is 2. The number of hydrogen-bond acceptors (Lipinski definition) is 3. The van der Waals surface area contributed by atoms with Gasteiger partial charge in [-0.2, -0.15) is 5.26 Å². The lowest BCUT2D eigenvalue weighted by Gasteiger charge is -2.42. The molecule has 1 saturated heterocycles. The SMILES string of the molecule is CC1CCCC(C)N1n1c(CCl)nc2ccc(C#N)cc21. The van der Waals surface area contributed by atoms with Crippen molar-refractivity contribution in [2.75, 3.05) is 5.01 Å². The molecule has 2 unspecified atom stereocenters. The minimum atomic E-state index is 0.368. The molecule has 3 rings (SSSR count). The van der Waals surface area contributed by atoms with E-state index >= 15 is 0 Å². The lowest BCUT2D eigenvalue weighted by molar-refractivity contribution is 0.337. The van der Waals surface area contributed by atoms with Crippen LogP contribution in [-0.2, 0) is 5.88 Å². The average Bonchev–Trinajstić information content (AvgIpc) is 2.85. The number of nitriles is 1. The van der Waals surface area contributed by atoms with Crippen LogP contribution in [0.1, 0.15) is 44.5 Å². The van der Waals surface area contributed by atoms with Gasteiger partial charge in [0.25, 0.3) is 0 Å². The Bertz CT molecular complexity index is 690. The zero-order chi connectivity index (χ0) is 15.0.